The minimum Gasteiger partial charge on any atom is -0.497 e. The van der Waals surface area contributed by atoms with Gasteiger partial charge in [-0.2, -0.15) is 0 Å². The molecule has 1 heterocycles. The topological polar surface area (TPSA) is 31.4 Å². The summed E-state index contributed by atoms with van der Waals surface area (Å²) in [5.74, 6) is 1.98. The van der Waals surface area contributed by atoms with Gasteiger partial charge in [-0.1, -0.05) is 6.07 Å². The lowest BCUT2D eigenvalue weighted by Crippen LogP contribution is -2.04. The van der Waals surface area contributed by atoms with Gasteiger partial charge in [0.05, 0.1) is 19.6 Å². The van der Waals surface area contributed by atoms with E-state index in [1.165, 1.54) is 0 Å². The van der Waals surface area contributed by atoms with Crippen LogP contribution in [0.5, 0.6) is 11.5 Å². The fourth-order valence-electron chi connectivity index (χ4n) is 1.74. The summed E-state index contributed by atoms with van der Waals surface area (Å²) in [6, 6.07) is 11.5. The smallest absolute Gasteiger partial charge is 0.123 e. The van der Waals surface area contributed by atoms with Crippen molar-refractivity contribution in [1.29, 1.82) is 0 Å². The first-order valence-corrected chi connectivity index (χ1v) is 6.62. The Labute approximate surface area is 118 Å². The number of hydrogen-bond acceptors (Lipinski definition) is 3. The fraction of sp³-hybridized carbons (Fsp3) is 0.267. The first kappa shape index (κ1) is 13.7. The van der Waals surface area contributed by atoms with Crippen molar-refractivity contribution in [2.24, 2.45) is 0 Å². The Bertz CT molecular complexity index is 517. The molecule has 1 aromatic carbocycles. The quantitative estimate of drug-likeness (QED) is 0.758. The van der Waals surface area contributed by atoms with E-state index in [1.54, 1.807) is 13.3 Å². The maximum atomic E-state index is 5.91. The summed E-state index contributed by atoms with van der Waals surface area (Å²) in [6.45, 7) is 0.577. The van der Waals surface area contributed by atoms with E-state index in [-0.39, 0.29) is 0 Å². The minimum absolute atomic E-state index is 0.399. The number of aromatic nitrogens is 1. The molecular weight excluding hydrogens is 262 g/mol. The van der Waals surface area contributed by atoms with Gasteiger partial charge in [0.1, 0.15) is 11.5 Å². The first-order valence-electron chi connectivity index (χ1n) is 6.09. The largest absolute Gasteiger partial charge is 0.497 e. The standard InChI is InChI=1S/C15H16ClNO2/c1-18-14-5-6-15(12(10-14)11-16)19-9-7-13-4-2-3-8-17-13/h2-6,8,10H,7,9,11H2,1H3. The lowest BCUT2D eigenvalue weighted by Gasteiger charge is -2.11. The fourth-order valence-corrected chi connectivity index (χ4v) is 1.95. The maximum Gasteiger partial charge on any atom is 0.123 e. The average molecular weight is 278 g/mol. The second-order valence-electron chi connectivity index (χ2n) is 4.03. The van der Waals surface area contributed by atoms with Gasteiger partial charge in [-0.05, 0) is 30.3 Å². The summed E-state index contributed by atoms with van der Waals surface area (Å²) >= 11 is 5.91. The molecule has 19 heavy (non-hydrogen) atoms. The normalized spacial score (nSPS) is 10.2. The molecular formula is C15H16ClNO2. The molecule has 0 atom stereocenters. The molecule has 0 aliphatic carbocycles. The van der Waals surface area contributed by atoms with Crippen LogP contribution in [0.1, 0.15) is 11.3 Å². The third-order valence-electron chi connectivity index (χ3n) is 2.75. The van der Waals surface area contributed by atoms with Crippen molar-refractivity contribution in [2.75, 3.05) is 13.7 Å². The molecule has 3 nitrogen and oxygen atoms in total. The lowest BCUT2D eigenvalue weighted by atomic mass is 10.2. The molecule has 0 unspecified atom stereocenters. The molecule has 100 valence electrons. The van der Waals surface area contributed by atoms with Crippen molar-refractivity contribution in [3.63, 3.8) is 0 Å². The Morgan fingerprint density at radius 3 is 2.79 bits per heavy atom. The van der Waals surface area contributed by atoms with E-state index in [0.717, 1.165) is 29.2 Å². The summed E-state index contributed by atoms with van der Waals surface area (Å²) in [4.78, 5) is 4.25. The lowest BCUT2D eigenvalue weighted by molar-refractivity contribution is 0.317. The third-order valence-corrected chi connectivity index (χ3v) is 3.04. The first-order chi connectivity index (χ1) is 9.33. The highest BCUT2D eigenvalue weighted by atomic mass is 35.5. The molecule has 0 aliphatic rings. The number of hydrogen-bond donors (Lipinski definition) is 0. The van der Waals surface area contributed by atoms with Crippen LogP contribution >= 0.6 is 11.6 Å². The van der Waals surface area contributed by atoms with Crippen LogP contribution in [0.15, 0.2) is 42.6 Å². The van der Waals surface area contributed by atoms with E-state index in [9.17, 15) is 0 Å². The van der Waals surface area contributed by atoms with Gasteiger partial charge in [-0.15, -0.1) is 11.6 Å². The predicted molar refractivity (Wildman–Crippen MR) is 76.0 cm³/mol. The van der Waals surface area contributed by atoms with E-state index in [1.807, 2.05) is 36.4 Å². The number of ether oxygens (including phenoxy) is 2. The van der Waals surface area contributed by atoms with E-state index in [2.05, 4.69) is 4.98 Å². The number of pyridine rings is 1. The molecule has 4 heteroatoms. The number of halogens is 1. The SMILES string of the molecule is COc1ccc(OCCc2ccccn2)c(CCl)c1. The van der Waals surface area contributed by atoms with Crippen molar-refractivity contribution in [1.82, 2.24) is 4.98 Å². The second-order valence-corrected chi connectivity index (χ2v) is 4.29. The summed E-state index contributed by atoms with van der Waals surface area (Å²) in [6.07, 6.45) is 2.56. The minimum atomic E-state index is 0.399. The van der Waals surface area contributed by atoms with Gasteiger partial charge in [0.15, 0.2) is 0 Å². The molecule has 0 spiro atoms. The van der Waals surface area contributed by atoms with Crippen LogP contribution in [0.2, 0.25) is 0 Å². The molecule has 0 amide bonds. The van der Waals surface area contributed by atoms with E-state index < -0.39 is 0 Å². The zero-order chi connectivity index (χ0) is 13.5. The Hall–Kier alpha value is -1.74. The highest BCUT2D eigenvalue weighted by Gasteiger charge is 2.05. The monoisotopic (exact) mass is 277 g/mol. The van der Waals surface area contributed by atoms with Gasteiger partial charge >= 0.3 is 0 Å². The molecule has 0 saturated heterocycles. The number of nitrogens with zero attached hydrogens (tertiary/aromatic N) is 1. The third kappa shape index (κ3) is 3.86. The van der Waals surface area contributed by atoms with Crippen LogP contribution < -0.4 is 9.47 Å². The number of methoxy groups -OCH3 is 1. The van der Waals surface area contributed by atoms with Crippen LogP contribution in [0.3, 0.4) is 0 Å². The summed E-state index contributed by atoms with van der Waals surface area (Å²) in [5.41, 5.74) is 1.95. The summed E-state index contributed by atoms with van der Waals surface area (Å²) < 4.78 is 10.9. The zero-order valence-electron chi connectivity index (χ0n) is 10.8. The Kier molecular flexibility index (Phi) is 5.04. The van der Waals surface area contributed by atoms with E-state index in [4.69, 9.17) is 21.1 Å². The van der Waals surface area contributed by atoms with Crippen LogP contribution in [-0.2, 0) is 12.3 Å². The number of rotatable bonds is 6. The summed E-state index contributed by atoms with van der Waals surface area (Å²) in [5, 5.41) is 0. The molecule has 2 rings (SSSR count). The van der Waals surface area contributed by atoms with Crippen molar-refractivity contribution >= 4 is 11.6 Å². The van der Waals surface area contributed by atoms with Crippen molar-refractivity contribution in [3.05, 3.63) is 53.9 Å². The second kappa shape index (κ2) is 7.00. The van der Waals surface area contributed by atoms with Gasteiger partial charge in [-0.25, -0.2) is 0 Å². The molecule has 1 aromatic heterocycles. The summed E-state index contributed by atoms with van der Waals surface area (Å²) in [7, 11) is 1.63. The average Bonchev–Trinajstić information content (AvgIpc) is 2.48. The molecule has 0 aliphatic heterocycles. The van der Waals surface area contributed by atoms with Crippen molar-refractivity contribution in [2.45, 2.75) is 12.3 Å². The molecule has 0 fully saturated rings. The Balaban J connectivity index is 1.96. The molecule has 0 N–H and O–H groups in total. The van der Waals surface area contributed by atoms with Gasteiger partial charge in [0, 0.05) is 23.9 Å². The van der Waals surface area contributed by atoms with Crippen molar-refractivity contribution in [3.8, 4) is 11.5 Å². The highest BCUT2D eigenvalue weighted by molar-refractivity contribution is 6.17. The highest BCUT2D eigenvalue weighted by Crippen LogP contribution is 2.25. The van der Waals surface area contributed by atoms with Gasteiger partial charge in [0.25, 0.3) is 0 Å². The molecule has 0 saturated carbocycles. The van der Waals surface area contributed by atoms with Crippen LogP contribution in [0.25, 0.3) is 0 Å². The van der Waals surface area contributed by atoms with Crippen LogP contribution in [0.4, 0.5) is 0 Å². The van der Waals surface area contributed by atoms with E-state index >= 15 is 0 Å². The Morgan fingerprint density at radius 1 is 1.21 bits per heavy atom. The van der Waals surface area contributed by atoms with Crippen molar-refractivity contribution < 1.29 is 9.47 Å². The molecule has 0 radical (unpaired) electrons. The molecule has 0 bridgehead atoms. The van der Waals surface area contributed by atoms with Gasteiger partial charge in [-0.3, -0.25) is 4.98 Å². The number of benzene rings is 1. The van der Waals surface area contributed by atoms with Gasteiger partial charge in [0.2, 0.25) is 0 Å². The zero-order valence-corrected chi connectivity index (χ0v) is 11.6. The predicted octanol–water partition coefficient (Wildman–Crippen LogP) is 3.45. The van der Waals surface area contributed by atoms with Crippen LogP contribution in [0, 0.1) is 0 Å². The van der Waals surface area contributed by atoms with E-state index in [0.29, 0.717) is 12.5 Å². The maximum absolute atomic E-state index is 5.91. The Morgan fingerprint density at radius 2 is 2.11 bits per heavy atom. The van der Waals surface area contributed by atoms with Crippen LogP contribution in [-0.4, -0.2) is 18.7 Å². The molecule has 2 aromatic rings. The number of alkyl halides is 1. The van der Waals surface area contributed by atoms with Gasteiger partial charge < -0.3 is 9.47 Å².